The largest absolute Gasteiger partial charge is 0.490 e. The Morgan fingerprint density at radius 1 is 0.920 bits per heavy atom. The Morgan fingerprint density at radius 3 is 2.48 bits per heavy atom. The molecule has 25 heavy (non-hydrogen) atoms. The van der Waals surface area contributed by atoms with Gasteiger partial charge < -0.3 is 24.3 Å². The molecular weight excluding hydrogens is 322 g/mol. The van der Waals surface area contributed by atoms with Crippen LogP contribution in [0.15, 0.2) is 36.4 Å². The first-order valence-electron chi connectivity index (χ1n) is 8.31. The Kier molecular flexibility index (Phi) is 4.09. The van der Waals surface area contributed by atoms with Crippen molar-refractivity contribution in [2.75, 3.05) is 20.0 Å². The second-order valence-corrected chi connectivity index (χ2v) is 6.02. The quantitative estimate of drug-likeness (QED) is 0.929. The Hall–Kier alpha value is -2.89. The number of hydrogen-bond donors (Lipinski definition) is 1. The molecule has 2 aliphatic heterocycles. The summed E-state index contributed by atoms with van der Waals surface area (Å²) in [4.78, 5) is 12.5. The first kappa shape index (κ1) is 15.6. The first-order valence-corrected chi connectivity index (χ1v) is 8.31. The minimum Gasteiger partial charge on any atom is -0.490 e. The highest BCUT2D eigenvalue weighted by Gasteiger charge is 2.19. The summed E-state index contributed by atoms with van der Waals surface area (Å²) in [7, 11) is 0. The van der Waals surface area contributed by atoms with Crippen LogP contribution < -0.4 is 24.3 Å². The fraction of sp³-hybridized carbons (Fsp3) is 0.316. The minimum absolute atomic E-state index is 0.169. The zero-order valence-corrected chi connectivity index (χ0v) is 13.9. The molecule has 6 nitrogen and oxygen atoms in total. The van der Waals surface area contributed by atoms with E-state index in [2.05, 4.69) is 5.32 Å². The number of benzene rings is 2. The van der Waals surface area contributed by atoms with Crippen molar-refractivity contribution in [3.63, 3.8) is 0 Å². The standard InChI is InChI=1S/C19H19NO5/c1-12(13-3-5-15-17(9-13)23-8-2-7-22-15)20-19(21)14-4-6-16-18(10-14)25-11-24-16/h3-6,9-10,12H,2,7-8,11H2,1H3,(H,20,21)/t12-/m0/s1. The third-order valence-electron chi connectivity index (χ3n) is 4.25. The van der Waals surface area contributed by atoms with E-state index in [0.29, 0.717) is 30.3 Å². The smallest absolute Gasteiger partial charge is 0.251 e. The fourth-order valence-electron chi connectivity index (χ4n) is 2.85. The maximum absolute atomic E-state index is 12.5. The van der Waals surface area contributed by atoms with Crippen LogP contribution in [0.25, 0.3) is 0 Å². The second-order valence-electron chi connectivity index (χ2n) is 6.02. The van der Waals surface area contributed by atoms with Crippen molar-refractivity contribution in [2.45, 2.75) is 19.4 Å². The number of amides is 1. The Balaban J connectivity index is 1.49. The normalized spacial score (nSPS) is 16.0. The third-order valence-corrected chi connectivity index (χ3v) is 4.25. The zero-order chi connectivity index (χ0) is 17.2. The van der Waals surface area contributed by atoms with Gasteiger partial charge in [-0.2, -0.15) is 0 Å². The molecule has 2 aromatic rings. The number of nitrogens with one attached hydrogen (secondary N) is 1. The number of ether oxygens (including phenoxy) is 4. The predicted molar refractivity (Wildman–Crippen MR) is 90.5 cm³/mol. The van der Waals surface area contributed by atoms with E-state index in [-0.39, 0.29) is 18.7 Å². The molecule has 1 atom stereocenters. The van der Waals surface area contributed by atoms with Gasteiger partial charge in [0, 0.05) is 12.0 Å². The lowest BCUT2D eigenvalue weighted by Gasteiger charge is -2.16. The van der Waals surface area contributed by atoms with E-state index in [4.69, 9.17) is 18.9 Å². The van der Waals surface area contributed by atoms with Crippen LogP contribution in [0.1, 0.15) is 35.3 Å². The lowest BCUT2D eigenvalue weighted by molar-refractivity contribution is 0.0939. The molecule has 1 N–H and O–H groups in total. The van der Waals surface area contributed by atoms with E-state index in [0.717, 1.165) is 23.5 Å². The number of carbonyl (C=O) groups excluding carboxylic acids is 1. The summed E-state index contributed by atoms with van der Waals surface area (Å²) in [5, 5.41) is 2.99. The van der Waals surface area contributed by atoms with Crippen molar-refractivity contribution >= 4 is 5.91 Å². The van der Waals surface area contributed by atoms with Crippen LogP contribution in [0.3, 0.4) is 0 Å². The number of hydrogen-bond acceptors (Lipinski definition) is 5. The average Bonchev–Trinajstić information content (AvgIpc) is 2.97. The van der Waals surface area contributed by atoms with Crippen LogP contribution >= 0.6 is 0 Å². The van der Waals surface area contributed by atoms with E-state index < -0.39 is 0 Å². The lowest BCUT2D eigenvalue weighted by Crippen LogP contribution is -2.26. The summed E-state index contributed by atoms with van der Waals surface area (Å²) in [6, 6.07) is 10.7. The first-order chi connectivity index (χ1) is 12.2. The summed E-state index contributed by atoms with van der Waals surface area (Å²) >= 11 is 0. The van der Waals surface area contributed by atoms with Gasteiger partial charge in [-0.3, -0.25) is 4.79 Å². The monoisotopic (exact) mass is 341 g/mol. The van der Waals surface area contributed by atoms with Crippen LogP contribution in [0, 0.1) is 0 Å². The molecular formula is C19H19NO5. The van der Waals surface area contributed by atoms with Gasteiger partial charge in [-0.15, -0.1) is 0 Å². The second kappa shape index (κ2) is 6.55. The molecule has 0 bridgehead atoms. The Labute approximate surface area is 145 Å². The minimum atomic E-state index is -0.171. The summed E-state index contributed by atoms with van der Waals surface area (Å²) in [5.41, 5.74) is 1.49. The molecule has 2 aromatic carbocycles. The molecule has 6 heteroatoms. The number of rotatable bonds is 3. The Bertz CT molecular complexity index is 804. The van der Waals surface area contributed by atoms with Crippen LogP contribution in [0.5, 0.6) is 23.0 Å². The van der Waals surface area contributed by atoms with Gasteiger partial charge in [-0.1, -0.05) is 6.07 Å². The molecule has 0 radical (unpaired) electrons. The van der Waals surface area contributed by atoms with E-state index in [1.165, 1.54) is 0 Å². The van der Waals surface area contributed by atoms with Gasteiger partial charge in [0.25, 0.3) is 5.91 Å². The fourth-order valence-corrected chi connectivity index (χ4v) is 2.85. The molecule has 0 saturated carbocycles. The highest BCUT2D eigenvalue weighted by Crippen LogP contribution is 2.34. The summed E-state index contributed by atoms with van der Waals surface area (Å²) in [5.74, 6) is 2.55. The van der Waals surface area contributed by atoms with Crippen LogP contribution in [0.2, 0.25) is 0 Å². The average molecular weight is 341 g/mol. The van der Waals surface area contributed by atoms with Gasteiger partial charge in [0.1, 0.15) is 0 Å². The number of fused-ring (bicyclic) bond motifs is 2. The van der Waals surface area contributed by atoms with E-state index in [1.54, 1.807) is 18.2 Å². The highest BCUT2D eigenvalue weighted by atomic mass is 16.7. The molecule has 0 saturated heterocycles. The topological polar surface area (TPSA) is 66.0 Å². The van der Waals surface area contributed by atoms with Gasteiger partial charge >= 0.3 is 0 Å². The van der Waals surface area contributed by atoms with Crippen molar-refractivity contribution in [1.82, 2.24) is 5.32 Å². The van der Waals surface area contributed by atoms with Crippen LogP contribution in [0.4, 0.5) is 0 Å². The van der Waals surface area contributed by atoms with Gasteiger partial charge in [0.2, 0.25) is 6.79 Å². The summed E-state index contributed by atoms with van der Waals surface area (Å²) < 4.78 is 21.9. The number of carbonyl (C=O) groups is 1. The van der Waals surface area contributed by atoms with Crippen molar-refractivity contribution in [3.8, 4) is 23.0 Å². The van der Waals surface area contributed by atoms with Crippen molar-refractivity contribution in [1.29, 1.82) is 0 Å². The molecule has 0 fully saturated rings. The maximum Gasteiger partial charge on any atom is 0.251 e. The highest BCUT2D eigenvalue weighted by molar-refractivity contribution is 5.95. The van der Waals surface area contributed by atoms with Gasteiger partial charge in [0.05, 0.1) is 19.3 Å². The van der Waals surface area contributed by atoms with Crippen molar-refractivity contribution < 1.29 is 23.7 Å². The Morgan fingerprint density at radius 2 is 1.60 bits per heavy atom. The van der Waals surface area contributed by atoms with Crippen LogP contribution in [-0.4, -0.2) is 25.9 Å². The van der Waals surface area contributed by atoms with Crippen LogP contribution in [-0.2, 0) is 0 Å². The molecule has 2 heterocycles. The maximum atomic E-state index is 12.5. The van der Waals surface area contributed by atoms with Gasteiger partial charge in [-0.05, 0) is 42.8 Å². The molecule has 1 amide bonds. The van der Waals surface area contributed by atoms with Crippen molar-refractivity contribution in [3.05, 3.63) is 47.5 Å². The van der Waals surface area contributed by atoms with E-state index in [1.807, 2.05) is 25.1 Å². The van der Waals surface area contributed by atoms with Gasteiger partial charge in [-0.25, -0.2) is 0 Å². The van der Waals surface area contributed by atoms with E-state index in [9.17, 15) is 4.79 Å². The third kappa shape index (κ3) is 3.20. The molecule has 0 aromatic heterocycles. The molecule has 0 aliphatic carbocycles. The van der Waals surface area contributed by atoms with Gasteiger partial charge in [0.15, 0.2) is 23.0 Å². The lowest BCUT2D eigenvalue weighted by atomic mass is 10.1. The van der Waals surface area contributed by atoms with Crippen molar-refractivity contribution in [2.24, 2.45) is 0 Å². The predicted octanol–water partition coefficient (Wildman–Crippen LogP) is 3.07. The SMILES string of the molecule is C[C@H](NC(=O)c1ccc2c(c1)OCO2)c1ccc2c(c1)OCCCO2. The molecule has 2 aliphatic rings. The molecule has 0 spiro atoms. The summed E-state index contributed by atoms with van der Waals surface area (Å²) in [6.07, 6.45) is 0.862. The summed E-state index contributed by atoms with van der Waals surface area (Å²) in [6.45, 7) is 3.41. The molecule has 4 rings (SSSR count). The molecule has 0 unspecified atom stereocenters. The van der Waals surface area contributed by atoms with E-state index >= 15 is 0 Å². The zero-order valence-electron chi connectivity index (χ0n) is 13.9. The molecule has 130 valence electrons.